The van der Waals surface area contributed by atoms with Gasteiger partial charge in [0.05, 0.1) is 6.61 Å². The van der Waals surface area contributed by atoms with Gasteiger partial charge in [-0.2, -0.15) is 0 Å². The number of benzene rings is 1. The summed E-state index contributed by atoms with van der Waals surface area (Å²) in [6.07, 6.45) is 5.94. The molecule has 0 spiro atoms. The van der Waals surface area contributed by atoms with E-state index in [-0.39, 0.29) is 0 Å². The van der Waals surface area contributed by atoms with Gasteiger partial charge in [-0.25, -0.2) is 0 Å². The number of aryl methyl sites for hydroxylation is 1. The third-order valence-corrected chi connectivity index (χ3v) is 4.23. The number of fused-ring (bicyclic) bond motifs is 1. The number of nitrogens with one attached hydrogen (secondary N) is 1. The largest absolute Gasteiger partial charge is 0.385 e. The van der Waals surface area contributed by atoms with Crippen molar-refractivity contribution in [3.05, 3.63) is 41.0 Å². The molecule has 2 aliphatic rings. The lowest BCUT2D eigenvalue weighted by atomic mass is 10.00. The van der Waals surface area contributed by atoms with Crippen LogP contribution in [0.5, 0.6) is 0 Å². The molecule has 0 aromatic heterocycles. The maximum Gasteiger partial charge on any atom is 0.0673 e. The Morgan fingerprint density at radius 2 is 2.25 bits per heavy atom. The van der Waals surface area contributed by atoms with Gasteiger partial charge in [0.15, 0.2) is 0 Å². The van der Waals surface area contributed by atoms with Gasteiger partial charge in [0.25, 0.3) is 0 Å². The van der Waals surface area contributed by atoms with Gasteiger partial charge in [0.1, 0.15) is 0 Å². The molecule has 0 aliphatic carbocycles. The zero-order valence-corrected chi connectivity index (χ0v) is 12.3. The minimum Gasteiger partial charge on any atom is -0.385 e. The summed E-state index contributed by atoms with van der Waals surface area (Å²) in [6, 6.07) is 6.90. The fourth-order valence-electron chi connectivity index (χ4n) is 3.10. The van der Waals surface area contributed by atoms with Crippen LogP contribution in [0.25, 0.3) is 0 Å². The molecule has 1 N–H and O–H groups in total. The Balaban J connectivity index is 1.61. The molecule has 0 atom stereocenters. The minimum atomic E-state index is 0.790. The van der Waals surface area contributed by atoms with Crippen LogP contribution in [-0.4, -0.2) is 38.3 Å². The van der Waals surface area contributed by atoms with E-state index in [0.717, 1.165) is 39.2 Å². The summed E-state index contributed by atoms with van der Waals surface area (Å²) >= 11 is 0. The van der Waals surface area contributed by atoms with E-state index in [2.05, 4.69) is 34.5 Å². The summed E-state index contributed by atoms with van der Waals surface area (Å²) in [5.74, 6) is 0. The zero-order chi connectivity index (χ0) is 13.8. The molecule has 2 heterocycles. The van der Waals surface area contributed by atoms with Crippen molar-refractivity contribution in [3.8, 4) is 0 Å². The highest BCUT2D eigenvalue weighted by Gasteiger charge is 2.13. The second-order valence-corrected chi connectivity index (χ2v) is 5.80. The van der Waals surface area contributed by atoms with E-state index in [4.69, 9.17) is 4.74 Å². The highest BCUT2D eigenvalue weighted by Crippen LogP contribution is 2.24. The van der Waals surface area contributed by atoms with Crippen LogP contribution in [0, 0.1) is 0 Å². The molecule has 2 aliphatic heterocycles. The Morgan fingerprint density at radius 3 is 3.05 bits per heavy atom. The van der Waals surface area contributed by atoms with E-state index in [1.165, 1.54) is 35.2 Å². The van der Waals surface area contributed by atoms with Crippen LogP contribution in [0.4, 0.5) is 5.69 Å². The SMILES string of the molecule is COCC1=CCN(Cc2ccc3c(c2)CCCN3)CC1. The molecule has 0 amide bonds. The average Bonchev–Trinajstić information content (AvgIpc) is 2.49. The second kappa shape index (κ2) is 6.42. The zero-order valence-electron chi connectivity index (χ0n) is 12.3. The predicted octanol–water partition coefficient (Wildman–Crippen LogP) is 2.82. The first-order chi connectivity index (χ1) is 9.85. The third-order valence-electron chi connectivity index (χ3n) is 4.23. The number of anilines is 1. The number of ether oxygens (including phenoxy) is 1. The molecule has 3 nitrogen and oxygen atoms in total. The van der Waals surface area contributed by atoms with Gasteiger partial charge in [0, 0.05) is 39.0 Å². The molecule has 0 fully saturated rings. The highest BCUT2D eigenvalue weighted by atomic mass is 16.5. The van der Waals surface area contributed by atoms with Gasteiger partial charge >= 0.3 is 0 Å². The van der Waals surface area contributed by atoms with Gasteiger partial charge in [-0.3, -0.25) is 4.90 Å². The summed E-state index contributed by atoms with van der Waals surface area (Å²) in [6.45, 7) is 5.16. The van der Waals surface area contributed by atoms with Gasteiger partial charge < -0.3 is 10.1 Å². The molecule has 0 saturated carbocycles. The van der Waals surface area contributed by atoms with Gasteiger partial charge in [0.2, 0.25) is 0 Å². The number of methoxy groups -OCH3 is 1. The lowest BCUT2D eigenvalue weighted by Gasteiger charge is -2.27. The minimum absolute atomic E-state index is 0.790. The molecule has 0 radical (unpaired) electrons. The van der Waals surface area contributed by atoms with Gasteiger partial charge in [-0.05, 0) is 42.0 Å². The van der Waals surface area contributed by atoms with E-state index >= 15 is 0 Å². The van der Waals surface area contributed by atoms with Crippen molar-refractivity contribution in [3.63, 3.8) is 0 Å². The number of hydrogen-bond donors (Lipinski definition) is 1. The maximum atomic E-state index is 5.20. The van der Waals surface area contributed by atoms with Crippen molar-refractivity contribution in [1.29, 1.82) is 0 Å². The van der Waals surface area contributed by atoms with Crippen molar-refractivity contribution in [2.45, 2.75) is 25.8 Å². The van der Waals surface area contributed by atoms with Crippen LogP contribution in [0.2, 0.25) is 0 Å². The monoisotopic (exact) mass is 272 g/mol. The van der Waals surface area contributed by atoms with Crippen molar-refractivity contribution >= 4 is 5.69 Å². The summed E-state index contributed by atoms with van der Waals surface area (Å²) in [5.41, 5.74) is 5.71. The quantitative estimate of drug-likeness (QED) is 0.853. The number of nitrogens with zero attached hydrogens (tertiary/aromatic N) is 1. The molecule has 3 rings (SSSR count). The Labute approximate surface area is 121 Å². The molecule has 1 aromatic rings. The standard InChI is InChI=1S/C17H24N2O/c1-20-13-14-6-9-19(10-7-14)12-15-4-5-17-16(11-15)3-2-8-18-17/h4-6,11,18H,2-3,7-10,12-13H2,1H3. The molecular formula is C17H24N2O. The first-order valence-corrected chi connectivity index (χ1v) is 7.60. The summed E-state index contributed by atoms with van der Waals surface area (Å²) in [5, 5.41) is 3.48. The van der Waals surface area contributed by atoms with Crippen LogP contribution >= 0.6 is 0 Å². The van der Waals surface area contributed by atoms with Gasteiger partial charge in [-0.15, -0.1) is 0 Å². The molecule has 3 heteroatoms. The first kappa shape index (κ1) is 13.7. The van der Waals surface area contributed by atoms with E-state index in [1.54, 1.807) is 7.11 Å². The predicted molar refractivity (Wildman–Crippen MR) is 83.1 cm³/mol. The Kier molecular flexibility index (Phi) is 4.38. The summed E-state index contributed by atoms with van der Waals surface area (Å²) in [7, 11) is 1.77. The lowest BCUT2D eigenvalue weighted by Crippen LogP contribution is -2.29. The Hall–Kier alpha value is -1.32. The van der Waals surface area contributed by atoms with E-state index in [0.29, 0.717) is 0 Å². The van der Waals surface area contributed by atoms with E-state index in [1.807, 2.05) is 0 Å². The normalized spacial score (nSPS) is 19.1. The second-order valence-electron chi connectivity index (χ2n) is 5.80. The number of hydrogen-bond acceptors (Lipinski definition) is 3. The van der Waals surface area contributed by atoms with Crippen molar-refractivity contribution in [2.24, 2.45) is 0 Å². The molecule has 0 saturated heterocycles. The smallest absolute Gasteiger partial charge is 0.0673 e. The highest BCUT2D eigenvalue weighted by molar-refractivity contribution is 5.54. The first-order valence-electron chi connectivity index (χ1n) is 7.60. The average molecular weight is 272 g/mol. The van der Waals surface area contributed by atoms with Crippen LogP contribution in [0.1, 0.15) is 24.0 Å². The van der Waals surface area contributed by atoms with Gasteiger partial charge in [-0.1, -0.05) is 18.2 Å². The number of rotatable bonds is 4. The molecule has 1 aromatic carbocycles. The Morgan fingerprint density at radius 1 is 1.30 bits per heavy atom. The molecular weight excluding hydrogens is 248 g/mol. The van der Waals surface area contributed by atoms with Crippen molar-refractivity contribution in [2.75, 3.05) is 38.7 Å². The topological polar surface area (TPSA) is 24.5 Å². The van der Waals surface area contributed by atoms with Crippen LogP contribution in [-0.2, 0) is 17.7 Å². The fourth-order valence-corrected chi connectivity index (χ4v) is 3.10. The van der Waals surface area contributed by atoms with Crippen LogP contribution < -0.4 is 5.32 Å². The van der Waals surface area contributed by atoms with Crippen LogP contribution in [0.3, 0.4) is 0 Å². The van der Waals surface area contributed by atoms with E-state index in [9.17, 15) is 0 Å². The molecule has 0 unspecified atom stereocenters. The molecule has 108 valence electrons. The summed E-state index contributed by atoms with van der Waals surface area (Å²) in [4.78, 5) is 2.51. The lowest BCUT2D eigenvalue weighted by molar-refractivity contribution is 0.210. The van der Waals surface area contributed by atoms with Crippen molar-refractivity contribution in [1.82, 2.24) is 4.90 Å². The van der Waals surface area contributed by atoms with Crippen molar-refractivity contribution < 1.29 is 4.74 Å². The molecule has 20 heavy (non-hydrogen) atoms. The third kappa shape index (κ3) is 3.22. The van der Waals surface area contributed by atoms with E-state index < -0.39 is 0 Å². The maximum absolute atomic E-state index is 5.20. The fraction of sp³-hybridized carbons (Fsp3) is 0.529. The molecule has 0 bridgehead atoms. The Bertz CT molecular complexity index is 496. The summed E-state index contributed by atoms with van der Waals surface area (Å²) < 4.78 is 5.20. The van der Waals surface area contributed by atoms with Crippen LogP contribution in [0.15, 0.2) is 29.8 Å².